The summed E-state index contributed by atoms with van der Waals surface area (Å²) in [4.78, 5) is 12.2. The maximum absolute atomic E-state index is 12.2. The molecule has 0 aliphatic heterocycles. The molecule has 0 aliphatic rings. The van der Waals surface area contributed by atoms with Gasteiger partial charge in [0.05, 0.1) is 6.61 Å². The van der Waals surface area contributed by atoms with Gasteiger partial charge in [-0.25, -0.2) is 0 Å². The summed E-state index contributed by atoms with van der Waals surface area (Å²) in [6.45, 7) is 5.16. The Balaban J connectivity index is 1.80. The Bertz CT molecular complexity index is 653. The van der Waals surface area contributed by atoms with Crippen LogP contribution in [0.4, 0.5) is 0 Å². The lowest BCUT2D eigenvalue weighted by atomic mass is 10.1. The van der Waals surface area contributed by atoms with Crippen LogP contribution in [0.5, 0.6) is 5.75 Å². The predicted octanol–water partition coefficient (Wildman–Crippen LogP) is 4.41. The lowest BCUT2D eigenvalue weighted by molar-refractivity contribution is 0.0953. The first-order chi connectivity index (χ1) is 11.1. The van der Waals surface area contributed by atoms with Gasteiger partial charge >= 0.3 is 0 Å². The van der Waals surface area contributed by atoms with E-state index in [0.717, 1.165) is 29.2 Å². The van der Waals surface area contributed by atoms with Gasteiger partial charge in [0.1, 0.15) is 5.75 Å². The van der Waals surface area contributed by atoms with Crippen LogP contribution in [-0.4, -0.2) is 19.1 Å². The first kappa shape index (κ1) is 17.4. The predicted molar refractivity (Wildman–Crippen MR) is 94.5 cm³/mol. The zero-order valence-corrected chi connectivity index (χ0v) is 14.3. The van der Waals surface area contributed by atoms with Crippen LogP contribution in [0.2, 0.25) is 5.02 Å². The Labute approximate surface area is 142 Å². The second kappa shape index (κ2) is 8.59. The normalized spacial score (nSPS) is 10.4. The van der Waals surface area contributed by atoms with E-state index in [1.807, 2.05) is 50.2 Å². The fraction of sp³-hybridized carbons (Fsp3) is 0.316. The van der Waals surface area contributed by atoms with Crippen LogP contribution in [0.25, 0.3) is 0 Å². The Kier molecular flexibility index (Phi) is 6.48. The molecule has 0 atom stereocenters. The van der Waals surface area contributed by atoms with Gasteiger partial charge in [-0.15, -0.1) is 0 Å². The molecular formula is C19H22ClNO2. The number of carbonyl (C=O) groups is 1. The highest BCUT2D eigenvalue weighted by Crippen LogP contribution is 2.19. The molecule has 0 unspecified atom stereocenters. The minimum atomic E-state index is -0.0488. The molecule has 0 fully saturated rings. The van der Waals surface area contributed by atoms with Crippen LogP contribution in [-0.2, 0) is 6.42 Å². The summed E-state index contributed by atoms with van der Waals surface area (Å²) in [5.41, 5.74) is 2.86. The molecule has 0 aromatic heterocycles. The van der Waals surface area contributed by atoms with Gasteiger partial charge in [-0.3, -0.25) is 4.79 Å². The number of nitrogens with one attached hydrogen (secondary N) is 1. The van der Waals surface area contributed by atoms with Crippen molar-refractivity contribution in [1.82, 2.24) is 5.32 Å². The highest BCUT2D eigenvalue weighted by molar-refractivity contribution is 6.30. The third kappa shape index (κ3) is 5.29. The van der Waals surface area contributed by atoms with Crippen molar-refractivity contribution in [1.29, 1.82) is 0 Å². The molecule has 0 spiro atoms. The molecule has 4 heteroatoms. The molecule has 1 amide bonds. The molecule has 0 heterocycles. The minimum absolute atomic E-state index is 0.0488. The van der Waals surface area contributed by atoms with Gasteiger partial charge in [0.2, 0.25) is 0 Å². The number of amides is 1. The molecule has 23 heavy (non-hydrogen) atoms. The van der Waals surface area contributed by atoms with Crippen molar-refractivity contribution >= 4 is 17.5 Å². The third-order valence-electron chi connectivity index (χ3n) is 3.58. The molecule has 2 aromatic carbocycles. The monoisotopic (exact) mass is 331 g/mol. The largest absolute Gasteiger partial charge is 0.494 e. The van der Waals surface area contributed by atoms with Crippen molar-refractivity contribution in [3.63, 3.8) is 0 Å². The van der Waals surface area contributed by atoms with Crippen LogP contribution in [0, 0.1) is 6.92 Å². The van der Waals surface area contributed by atoms with Crippen molar-refractivity contribution < 1.29 is 9.53 Å². The van der Waals surface area contributed by atoms with Crippen LogP contribution in [0.3, 0.4) is 0 Å². The molecule has 0 aliphatic carbocycles. The van der Waals surface area contributed by atoms with Crippen molar-refractivity contribution in [2.24, 2.45) is 0 Å². The molecule has 0 bridgehead atoms. The number of benzene rings is 2. The fourth-order valence-electron chi connectivity index (χ4n) is 2.36. The van der Waals surface area contributed by atoms with E-state index in [9.17, 15) is 4.79 Å². The van der Waals surface area contributed by atoms with Gasteiger partial charge in [0.15, 0.2) is 0 Å². The van der Waals surface area contributed by atoms with E-state index in [4.69, 9.17) is 16.3 Å². The van der Waals surface area contributed by atoms with Gasteiger partial charge in [-0.2, -0.15) is 0 Å². The van der Waals surface area contributed by atoms with Gasteiger partial charge in [0, 0.05) is 17.1 Å². The zero-order valence-electron chi connectivity index (χ0n) is 13.6. The van der Waals surface area contributed by atoms with E-state index >= 15 is 0 Å². The molecule has 0 saturated carbocycles. The summed E-state index contributed by atoms with van der Waals surface area (Å²) in [7, 11) is 0. The van der Waals surface area contributed by atoms with E-state index in [1.54, 1.807) is 6.07 Å². The Morgan fingerprint density at radius 3 is 2.57 bits per heavy atom. The molecular weight excluding hydrogens is 310 g/mol. The van der Waals surface area contributed by atoms with Crippen LogP contribution in [0.15, 0.2) is 42.5 Å². The standard InChI is InChI=1S/C19H22ClNO2/c1-3-23-18-11-8-16(13-14(18)2)19(22)21-12-4-5-15-6-9-17(20)10-7-15/h6-11,13H,3-5,12H2,1-2H3,(H,21,22). The average Bonchev–Trinajstić information content (AvgIpc) is 2.55. The van der Waals surface area contributed by atoms with Crippen LogP contribution < -0.4 is 10.1 Å². The summed E-state index contributed by atoms with van der Waals surface area (Å²) in [6.07, 6.45) is 1.81. The quantitative estimate of drug-likeness (QED) is 0.763. The topological polar surface area (TPSA) is 38.3 Å². The lowest BCUT2D eigenvalue weighted by Gasteiger charge is -2.09. The fourth-order valence-corrected chi connectivity index (χ4v) is 2.48. The number of hydrogen-bond acceptors (Lipinski definition) is 2. The molecule has 0 saturated heterocycles. The second-order valence-electron chi connectivity index (χ2n) is 5.40. The molecule has 0 radical (unpaired) electrons. The number of hydrogen-bond donors (Lipinski definition) is 1. The van der Waals surface area contributed by atoms with Crippen molar-refractivity contribution in [2.45, 2.75) is 26.7 Å². The first-order valence-corrected chi connectivity index (χ1v) is 8.24. The summed E-state index contributed by atoms with van der Waals surface area (Å²) < 4.78 is 5.49. The summed E-state index contributed by atoms with van der Waals surface area (Å²) >= 11 is 5.86. The van der Waals surface area contributed by atoms with E-state index in [-0.39, 0.29) is 5.91 Å². The van der Waals surface area contributed by atoms with E-state index in [0.29, 0.717) is 18.7 Å². The van der Waals surface area contributed by atoms with Gasteiger partial charge in [0.25, 0.3) is 5.91 Å². The van der Waals surface area contributed by atoms with Gasteiger partial charge < -0.3 is 10.1 Å². The summed E-state index contributed by atoms with van der Waals surface area (Å²) in [6, 6.07) is 13.3. The van der Waals surface area contributed by atoms with E-state index in [1.165, 1.54) is 5.56 Å². The molecule has 2 aromatic rings. The van der Waals surface area contributed by atoms with Gasteiger partial charge in [-0.05, 0) is 68.1 Å². The van der Waals surface area contributed by atoms with Crippen LogP contribution in [0.1, 0.15) is 34.8 Å². The van der Waals surface area contributed by atoms with Gasteiger partial charge in [-0.1, -0.05) is 23.7 Å². The number of carbonyl (C=O) groups excluding carboxylic acids is 1. The maximum atomic E-state index is 12.2. The lowest BCUT2D eigenvalue weighted by Crippen LogP contribution is -2.24. The smallest absolute Gasteiger partial charge is 0.251 e. The van der Waals surface area contributed by atoms with Crippen molar-refractivity contribution in [2.75, 3.05) is 13.2 Å². The zero-order chi connectivity index (χ0) is 16.7. The number of rotatable bonds is 7. The first-order valence-electron chi connectivity index (χ1n) is 7.86. The van der Waals surface area contributed by atoms with Crippen LogP contribution >= 0.6 is 11.6 Å². The number of ether oxygens (including phenoxy) is 1. The third-order valence-corrected chi connectivity index (χ3v) is 3.83. The minimum Gasteiger partial charge on any atom is -0.494 e. The molecule has 122 valence electrons. The Morgan fingerprint density at radius 1 is 1.17 bits per heavy atom. The number of aryl methyl sites for hydroxylation is 2. The average molecular weight is 332 g/mol. The molecule has 3 nitrogen and oxygen atoms in total. The number of halogens is 1. The van der Waals surface area contributed by atoms with Crippen molar-refractivity contribution in [3.8, 4) is 5.75 Å². The molecule has 1 N–H and O–H groups in total. The highest BCUT2D eigenvalue weighted by atomic mass is 35.5. The maximum Gasteiger partial charge on any atom is 0.251 e. The Hall–Kier alpha value is -2.00. The van der Waals surface area contributed by atoms with E-state index < -0.39 is 0 Å². The Morgan fingerprint density at radius 2 is 1.91 bits per heavy atom. The van der Waals surface area contributed by atoms with E-state index in [2.05, 4.69) is 5.32 Å². The summed E-state index contributed by atoms with van der Waals surface area (Å²) in [5.74, 6) is 0.777. The summed E-state index contributed by atoms with van der Waals surface area (Å²) in [5, 5.41) is 3.70. The molecule has 2 rings (SSSR count). The highest BCUT2D eigenvalue weighted by Gasteiger charge is 2.07. The second-order valence-corrected chi connectivity index (χ2v) is 5.84. The van der Waals surface area contributed by atoms with Crippen molar-refractivity contribution in [3.05, 3.63) is 64.2 Å². The SMILES string of the molecule is CCOc1ccc(C(=O)NCCCc2ccc(Cl)cc2)cc1C.